The van der Waals surface area contributed by atoms with Gasteiger partial charge in [0.2, 0.25) is 0 Å². The van der Waals surface area contributed by atoms with Gasteiger partial charge in [0.1, 0.15) is 5.75 Å². The van der Waals surface area contributed by atoms with Crippen molar-refractivity contribution in [2.75, 3.05) is 7.11 Å². The van der Waals surface area contributed by atoms with Crippen LogP contribution in [0.25, 0.3) is 0 Å². The van der Waals surface area contributed by atoms with Crippen molar-refractivity contribution in [1.29, 1.82) is 0 Å². The summed E-state index contributed by atoms with van der Waals surface area (Å²) in [6.45, 7) is 2.18. The molecule has 3 aromatic carbocycles. The molecule has 1 N–H and O–H groups in total. The first-order chi connectivity index (χ1) is 11.7. The van der Waals surface area contributed by atoms with E-state index < -0.39 is 7.92 Å². The molecule has 0 heterocycles. The number of rotatable bonds is 5. The van der Waals surface area contributed by atoms with Crippen molar-refractivity contribution >= 4 is 23.8 Å². The maximum absolute atomic E-state index is 9.28. The Kier molecular flexibility index (Phi) is 5.30. The van der Waals surface area contributed by atoms with Gasteiger partial charge in [-0.2, -0.15) is 0 Å². The second-order valence-corrected chi connectivity index (χ2v) is 7.91. The molecule has 0 aliphatic carbocycles. The summed E-state index contributed by atoms with van der Waals surface area (Å²) in [5.74, 6) is 0.869. The third-order valence-electron chi connectivity index (χ3n) is 4.00. The molecule has 0 amide bonds. The van der Waals surface area contributed by atoms with Crippen LogP contribution in [0.2, 0.25) is 0 Å². The number of hydrogen-bond acceptors (Lipinski definition) is 2. The molecule has 24 heavy (non-hydrogen) atoms. The average Bonchev–Trinajstić information content (AvgIpc) is 2.64. The van der Waals surface area contributed by atoms with E-state index in [1.165, 1.54) is 21.5 Å². The van der Waals surface area contributed by atoms with Gasteiger partial charge in [-0.25, -0.2) is 0 Å². The highest BCUT2D eigenvalue weighted by Gasteiger charge is 2.16. The predicted molar refractivity (Wildman–Crippen MR) is 102 cm³/mol. The largest absolute Gasteiger partial charge is 0.497 e. The first-order valence-corrected chi connectivity index (χ1v) is 9.26. The lowest BCUT2D eigenvalue weighted by atomic mass is 10.2. The number of benzene rings is 3. The molecule has 0 saturated carbocycles. The first kappa shape index (κ1) is 16.7. The molecule has 0 fully saturated rings. The van der Waals surface area contributed by atoms with E-state index in [-0.39, 0.29) is 6.61 Å². The summed E-state index contributed by atoms with van der Waals surface area (Å²) < 4.78 is 5.29. The maximum atomic E-state index is 9.28. The van der Waals surface area contributed by atoms with Gasteiger partial charge in [0.25, 0.3) is 0 Å². The van der Waals surface area contributed by atoms with Gasteiger partial charge < -0.3 is 9.84 Å². The second kappa shape index (κ2) is 7.61. The molecule has 3 heteroatoms. The van der Waals surface area contributed by atoms with Gasteiger partial charge in [-0.1, -0.05) is 66.2 Å². The van der Waals surface area contributed by atoms with Gasteiger partial charge in [0.15, 0.2) is 0 Å². The lowest BCUT2D eigenvalue weighted by Crippen LogP contribution is -2.20. The van der Waals surface area contributed by atoms with Gasteiger partial charge in [0, 0.05) is 0 Å². The van der Waals surface area contributed by atoms with E-state index in [2.05, 4.69) is 55.5 Å². The van der Waals surface area contributed by atoms with Crippen molar-refractivity contribution in [3.63, 3.8) is 0 Å². The number of aliphatic hydroxyl groups is 1. The third kappa shape index (κ3) is 3.67. The van der Waals surface area contributed by atoms with Crippen LogP contribution in [-0.4, -0.2) is 12.2 Å². The van der Waals surface area contributed by atoms with Crippen LogP contribution < -0.4 is 20.7 Å². The molecule has 0 aromatic heterocycles. The molecule has 0 aliphatic heterocycles. The molecule has 0 radical (unpaired) electrons. The maximum Gasteiger partial charge on any atom is 0.118 e. The van der Waals surface area contributed by atoms with Gasteiger partial charge in [0.05, 0.1) is 13.7 Å². The molecule has 2 nitrogen and oxygen atoms in total. The lowest BCUT2D eigenvalue weighted by Gasteiger charge is -2.20. The standard InChI is InChI=1S/C21H21O2P/c1-16-3-9-19(10-4-16)24(20-11-5-17(15-22)6-12-20)21-13-7-18(23-2)8-14-21/h3-14,22H,15H2,1-2H3. The Balaban J connectivity index is 2.06. The van der Waals surface area contributed by atoms with E-state index >= 15 is 0 Å². The Morgan fingerprint density at radius 3 is 1.67 bits per heavy atom. The van der Waals surface area contributed by atoms with Crippen molar-refractivity contribution in [3.8, 4) is 5.75 Å². The fourth-order valence-electron chi connectivity index (χ4n) is 2.62. The molecule has 0 aliphatic rings. The Bertz CT molecular complexity index is 730. The average molecular weight is 336 g/mol. The third-order valence-corrected chi connectivity index (χ3v) is 6.44. The summed E-state index contributed by atoms with van der Waals surface area (Å²) in [4.78, 5) is 0. The Morgan fingerprint density at radius 1 is 0.750 bits per heavy atom. The summed E-state index contributed by atoms with van der Waals surface area (Å²) in [5.41, 5.74) is 2.20. The molecule has 0 bridgehead atoms. The highest BCUT2D eigenvalue weighted by Crippen LogP contribution is 2.33. The molecule has 3 aromatic rings. The zero-order valence-electron chi connectivity index (χ0n) is 13.9. The van der Waals surface area contributed by atoms with Gasteiger partial charge in [-0.05, 0) is 48.5 Å². The molecule has 1 unspecified atom stereocenters. The van der Waals surface area contributed by atoms with Crippen LogP contribution >= 0.6 is 7.92 Å². The zero-order chi connectivity index (χ0) is 16.9. The van der Waals surface area contributed by atoms with Crippen molar-refractivity contribution in [2.24, 2.45) is 0 Å². The van der Waals surface area contributed by atoms with Crippen molar-refractivity contribution in [2.45, 2.75) is 13.5 Å². The number of ether oxygens (including phenoxy) is 1. The Labute approximate surface area is 144 Å². The molecule has 122 valence electrons. The summed E-state index contributed by atoms with van der Waals surface area (Å²) in [6.07, 6.45) is 0. The Morgan fingerprint density at radius 2 is 1.21 bits per heavy atom. The van der Waals surface area contributed by atoms with Gasteiger partial charge >= 0.3 is 0 Å². The highest BCUT2D eigenvalue weighted by atomic mass is 31.1. The highest BCUT2D eigenvalue weighted by molar-refractivity contribution is 7.79. The quantitative estimate of drug-likeness (QED) is 0.725. The van der Waals surface area contributed by atoms with Crippen molar-refractivity contribution in [1.82, 2.24) is 0 Å². The van der Waals surface area contributed by atoms with Gasteiger partial charge in [-0.3, -0.25) is 0 Å². The summed E-state index contributed by atoms with van der Waals surface area (Å²) in [6, 6.07) is 25.3. The molecule has 0 spiro atoms. The fourth-order valence-corrected chi connectivity index (χ4v) is 4.86. The predicted octanol–water partition coefficient (Wildman–Crippen LogP) is 3.25. The van der Waals surface area contributed by atoms with Crippen LogP contribution in [0.5, 0.6) is 5.75 Å². The second-order valence-electron chi connectivity index (χ2n) is 5.69. The van der Waals surface area contributed by atoms with E-state index in [0.717, 1.165) is 11.3 Å². The van der Waals surface area contributed by atoms with Crippen LogP contribution in [0, 0.1) is 6.92 Å². The van der Waals surface area contributed by atoms with Crippen molar-refractivity contribution < 1.29 is 9.84 Å². The number of aryl methyl sites for hydroxylation is 1. The smallest absolute Gasteiger partial charge is 0.118 e. The SMILES string of the molecule is COc1ccc(P(c2ccc(C)cc2)c2ccc(CO)cc2)cc1. The molecule has 0 saturated heterocycles. The van der Waals surface area contributed by atoms with E-state index in [1.54, 1.807) is 7.11 Å². The minimum absolute atomic E-state index is 0.0747. The summed E-state index contributed by atoms with van der Waals surface area (Å²) in [5, 5.41) is 13.2. The monoisotopic (exact) mass is 336 g/mol. The number of methoxy groups -OCH3 is 1. The first-order valence-electron chi connectivity index (χ1n) is 7.92. The lowest BCUT2D eigenvalue weighted by molar-refractivity contribution is 0.282. The van der Waals surface area contributed by atoms with Crippen LogP contribution in [0.4, 0.5) is 0 Å². The van der Waals surface area contributed by atoms with Crippen LogP contribution in [0.3, 0.4) is 0 Å². The molecule has 1 atom stereocenters. The van der Waals surface area contributed by atoms with E-state index in [0.29, 0.717) is 0 Å². The van der Waals surface area contributed by atoms with E-state index in [4.69, 9.17) is 4.74 Å². The van der Waals surface area contributed by atoms with Crippen LogP contribution in [-0.2, 0) is 6.61 Å². The number of aliphatic hydroxyl groups excluding tert-OH is 1. The summed E-state index contributed by atoms with van der Waals surface area (Å²) >= 11 is 0. The molecular formula is C21H21O2P. The van der Waals surface area contributed by atoms with Crippen LogP contribution in [0.1, 0.15) is 11.1 Å². The van der Waals surface area contributed by atoms with Crippen LogP contribution in [0.15, 0.2) is 72.8 Å². The van der Waals surface area contributed by atoms with Gasteiger partial charge in [-0.15, -0.1) is 0 Å². The minimum atomic E-state index is -0.630. The normalized spacial score (nSPS) is 12.0. The van der Waals surface area contributed by atoms with Crippen molar-refractivity contribution in [3.05, 3.63) is 83.9 Å². The Hall–Kier alpha value is -2.15. The fraction of sp³-hybridized carbons (Fsp3) is 0.143. The number of hydrogen-bond donors (Lipinski definition) is 1. The van der Waals surface area contributed by atoms with E-state index in [9.17, 15) is 5.11 Å². The van der Waals surface area contributed by atoms with E-state index in [1.807, 2.05) is 24.3 Å². The minimum Gasteiger partial charge on any atom is -0.497 e. The zero-order valence-corrected chi connectivity index (χ0v) is 14.8. The summed E-state index contributed by atoms with van der Waals surface area (Å²) in [7, 11) is 1.06. The molecular weight excluding hydrogens is 315 g/mol. The molecule has 3 rings (SSSR count). The topological polar surface area (TPSA) is 29.5 Å².